The molecule has 0 radical (unpaired) electrons. The van der Waals surface area contributed by atoms with Gasteiger partial charge in [-0.25, -0.2) is 9.97 Å². The van der Waals surface area contributed by atoms with Crippen LogP contribution in [0, 0.1) is 0 Å². The molecule has 1 saturated heterocycles. The molecule has 0 spiro atoms. The van der Waals surface area contributed by atoms with Gasteiger partial charge in [0.2, 0.25) is 0 Å². The molecule has 0 saturated carbocycles. The molecule has 3 aromatic rings. The summed E-state index contributed by atoms with van der Waals surface area (Å²) in [5.41, 5.74) is 3.39. The minimum Gasteiger partial charge on any atom is -0.507 e. The fourth-order valence-corrected chi connectivity index (χ4v) is 5.17. The van der Waals surface area contributed by atoms with E-state index >= 15 is 0 Å². The molecular formula is C30H44N8O. The highest BCUT2D eigenvalue weighted by Crippen LogP contribution is 2.31. The minimum atomic E-state index is 0.0370. The first-order chi connectivity index (χ1) is 18.3. The Morgan fingerprint density at radius 2 is 1.82 bits per heavy atom. The average molecular weight is 533 g/mol. The third kappa shape index (κ3) is 7.29. The van der Waals surface area contributed by atoms with Crippen molar-refractivity contribution in [3.63, 3.8) is 0 Å². The first-order valence-electron chi connectivity index (χ1n) is 13.6. The van der Waals surface area contributed by atoms with Gasteiger partial charge >= 0.3 is 0 Å². The number of nitrogens with zero attached hydrogens (tertiary/aromatic N) is 7. The zero-order valence-electron chi connectivity index (χ0n) is 24.9. The Kier molecular flexibility index (Phi) is 9.27. The number of fused-ring (bicyclic) bond motifs is 1. The van der Waals surface area contributed by atoms with Crippen molar-refractivity contribution in [2.24, 2.45) is 17.3 Å². The lowest BCUT2D eigenvalue weighted by Crippen LogP contribution is -2.62. The SMILES string of the molecule is C=C/C(=N\N=C(/C)N(C)C1CC(C)(C)NC(C)(C)C1)c1ccc(-c2ncc3c(cnn3C)n2)cc1O.CCC. The number of piperidine rings is 1. The number of nitrogens with one attached hydrogen (secondary N) is 1. The maximum Gasteiger partial charge on any atom is 0.160 e. The van der Waals surface area contributed by atoms with E-state index in [0.29, 0.717) is 28.7 Å². The highest BCUT2D eigenvalue weighted by Gasteiger charge is 2.39. The second kappa shape index (κ2) is 12.1. The van der Waals surface area contributed by atoms with E-state index in [9.17, 15) is 5.11 Å². The Morgan fingerprint density at radius 3 is 2.41 bits per heavy atom. The van der Waals surface area contributed by atoms with Gasteiger partial charge in [0, 0.05) is 42.3 Å². The van der Waals surface area contributed by atoms with Gasteiger partial charge in [-0.15, -0.1) is 10.2 Å². The van der Waals surface area contributed by atoms with Crippen LogP contribution in [0.2, 0.25) is 0 Å². The van der Waals surface area contributed by atoms with Crippen LogP contribution in [0.3, 0.4) is 0 Å². The van der Waals surface area contributed by atoms with Crippen LogP contribution in [0.5, 0.6) is 5.75 Å². The molecule has 9 nitrogen and oxygen atoms in total. The van der Waals surface area contributed by atoms with E-state index in [0.717, 1.165) is 29.7 Å². The van der Waals surface area contributed by atoms with Gasteiger partial charge in [-0.1, -0.05) is 32.9 Å². The third-order valence-corrected chi connectivity index (χ3v) is 6.75. The van der Waals surface area contributed by atoms with Gasteiger partial charge in [-0.05, 0) is 65.7 Å². The Hall–Kier alpha value is -3.59. The summed E-state index contributed by atoms with van der Waals surface area (Å²) in [4.78, 5) is 11.2. The molecule has 1 fully saturated rings. The number of hydrogen-bond acceptors (Lipinski definition) is 7. The summed E-state index contributed by atoms with van der Waals surface area (Å²) in [6.07, 6.45) is 8.28. The van der Waals surface area contributed by atoms with Crippen molar-refractivity contribution in [2.45, 2.75) is 84.8 Å². The Morgan fingerprint density at radius 1 is 1.18 bits per heavy atom. The topological polar surface area (TPSA) is 104 Å². The van der Waals surface area contributed by atoms with Gasteiger partial charge in [0.1, 0.15) is 22.6 Å². The molecule has 0 bridgehead atoms. The van der Waals surface area contributed by atoms with Gasteiger partial charge in [-0.3, -0.25) is 4.68 Å². The van der Waals surface area contributed by atoms with Gasteiger partial charge < -0.3 is 15.3 Å². The maximum atomic E-state index is 10.8. The number of rotatable bonds is 5. The van der Waals surface area contributed by atoms with Crippen molar-refractivity contribution >= 4 is 22.6 Å². The largest absolute Gasteiger partial charge is 0.507 e. The summed E-state index contributed by atoms with van der Waals surface area (Å²) in [5, 5.41) is 27.7. The molecule has 0 amide bonds. The summed E-state index contributed by atoms with van der Waals surface area (Å²) in [7, 11) is 3.91. The average Bonchev–Trinajstić information content (AvgIpc) is 3.23. The quantitative estimate of drug-likeness (QED) is 0.248. The molecular weight excluding hydrogens is 488 g/mol. The predicted molar refractivity (Wildman–Crippen MR) is 161 cm³/mol. The van der Waals surface area contributed by atoms with E-state index in [1.165, 1.54) is 6.42 Å². The van der Waals surface area contributed by atoms with Crippen molar-refractivity contribution in [3.05, 3.63) is 48.8 Å². The number of phenols is 1. The van der Waals surface area contributed by atoms with E-state index in [1.54, 1.807) is 35.3 Å². The summed E-state index contributed by atoms with van der Waals surface area (Å²) in [6, 6.07) is 5.61. The Balaban J connectivity index is 0.00000134. The van der Waals surface area contributed by atoms with Crippen LogP contribution in [-0.4, -0.2) is 65.5 Å². The standard InChI is InChI=1S/C27H36N8O.C3H8/c1-9-21(32-31-17(2)34(7)19-13-26(3,4)33-27(5,6)14-19)20-11-10-18(12-24(20)36)25-28-16-23-22(30-25)15-29-35(23)8;1-3-2/h9-12,15-16,19,33,36H,1,13-14H2,2-8H3;3H2,1-2H3/b31-17+,32-21+;. The van der Waals surface area contributed by atoms with E-state index in [2.05, 4.69) is 90.7 Å². The van der Waals surface area contributed by atoms with Crippen LogP contribution in [0.15, 0.2) is 53.5 Å². The van der Waals surface area contributed by atoms with Crippen LogP contribution >= 0.6 is 0 Å². The van der Waals surface area contributed by atoms with E-state index in [1.807, 2.05) is 20.0 Å². The summed E-state index contributed by atoms with van der Waals surface area (Å²) in [5.74, 6) is 1.38. The monoisotopic (exact) mass is 532 g/mol. The number of aryl methyl sites for hydroxylation is 1. The molecule has 1 aliphatic rings. The van der Waals surface area contributed by atoms with Crippen molar-refractivity contribution in [2.75, 3.05) is 7.05 Å². The highest BCUT2D eigenvalue weighted by molar-refractivity contribution is 6.10. The number of benzene rings is 1. The first kappa shape index (κ1) is 30.0. The second-order valence-electron chi connectivity index (χ2n) is 11.6. The number of amidine groups is 1. The van der Waals surface area contributed by atoms with Crippen LogP contribution in [0.1, 0.15) is 73.3 Å². The molecule has 1 aliphatic heterocycles. The van der Waals surface area contributed by atoms with Crippen LogP contribution in [0.25, 0.3) is 22.4 Å². The summed E-state index contributed by atoms with van der Waals surface area (Å²) in [6.45, 7) is 19.0. The lowest BCUT2D eigenvalue weighted by molar-refractivity contribution is 0.113. The van der Waals surface area contributed by atoms with Gasteiger partial charge in [-0.2, -0.15) is 5.10 Å². The molecule has 4 rings (SSSR count). The molecule has 2 N–H and O–H groups in total. The van der Waals surface area contributed by atoms with Crippen LogP contribution < -0.4 is 5.32 Å². The normalized spacial score (nSPS) is 17.5. The van der Waals surface area contributed by atoms with E-state index < -0.39 is 0 Å². The van der Waals surface area contributed by atoms with Gasteiger partial charge in [0.25, 0.3) is 0 Å². The van der Waals surface area contributed by atoms with Crippen LogP contribution in [0.4, 0.5) is 0 Å². The van der Waals surface area contributed by atoms with Crippen molar-refractivity contribution in [3.8, 4) is 17.1 Å². The maximum absolute atomic E-state index is 10.8. The minimum absolute atomic E-state index is 0.0370. The summed E-state index contributed by atoms with van der Waals surface area (Å²) >= 11 is 0. The third-order valence-electron chi connectivity index (χ3n) is 6.75. The van der Waals surface area contributed by atoms with Gasteiger partial charge in [0.15, 0.2) is 5.82 Å². The molecule has 0 atom stereocenters. The highest BCUT2D eigenvalue weighted by atomic mass is 16.3. The molecule has 0 unspecified atom stereocenters. The van der Waals surface area contributed by atoms with E-state index in [-0.39, 0.29) is 16.8 Å². The molecule has 1 aromatic carbocycles. The van der Waals surface area contributed by atoms with Crippen molar-refractivity contribution in [1.29, 1.82) is 0 Å². The number of phenolic OH excluding ortho intramolecular Hbond substituents is 1. The zero-order chi connectivity index (χ0) is 29.0. The molecule has 39 heavy (non-hydrogen) atoms. The number of aromatic hydroxyl groups is 1. The predicted octanol–water partition coefficient (Wildman–Crippen LogP) is 5.70. The van der Waals surface area contributed by atoms with Crippen molar-refractivity contribution < 1.29 is 5.11 Å². The van der Waals surface area contributed by atoms with Crippen molar-refractivity contribution in [1.82, 2.24) is 30.0 Å². The zero-order valence-corrected chi connectivity index (χ0v) is 24.9. The number of allylic oxidation sites excluding steroid dienone is 1. The number of aromatic nitrogens is 4. The first-order valence-corrected chi connectivity index (χ1v) is 13.6. The lowest BCUT2D eigenvalue weighted by Gasteiger charge is -2.49. The van der Waals surface area contributed by atoms with Gasteiger partial charge in [0.05, 0.1) is 18.1 Å². The Labute approximate surface area is 232 Å². The smallest absolute Gasteiger partial charge is 0.160 e. The molecule has 210 valence electrons. The molecule has 3 heterocycles. The molecule has 2 aromatic heterocycles. The summed E-state index contributed by atoms with van der Waals surface area (Å²) < 4.78 is 1.72. The van der Waals surface area contributed by atoms with Crippen LogP contribution in [-0.2, 0) is 7.05 Å². The molecule has 9 heteroatoms. The Bertz CT molecular complexity index is 1350. The fourth-order valence-electron chi connectivity index (χ4n) is 5.17. The van der Waals surface area contributed by atoms with E-state index in [4.69, 9.17) is 0 Å². The fraction of sp³-hybridized carbons (Fsp3) is 0.500. The molecule has 0 aliphatic carbocycles. The number of hydrogen-bond donors (Lipinski definition) is 2. The lowest BCUT2D eigenvalue weighted by atomic mass is 9.79. The second-order valence-corrected chi connectivity index (χ2v) is 11.6.